The standard InChI is InChI=1S/C14H18N6O4/c1-19(2)6-17-13-15-3-8-11(18-13)20(7-16-8)12-9-10(22)14(4-21,24-12)5-23-9/h3,6-7,9-10,12,21-22H,4-5H2,1-2H3/t9?,10?,12-,14+/m1/s1. The molecule has 0 aromatic carbocycles. The van der Waals surface area contributed by atoms with Crippen LogP contribution in [0.2, 0.25) is 0 Å². The van der Waals surface area contributed by atoms with Crippen molar-refractivity contribution in [2.75, 3.05) is 27.3 Å². The molecule has 2 aromatic rings. The molecular formula is C14H18N6O4. The Morgan fingerprint density at radius 2 is 2.33 bits per heavy atom. The first kappa shape index (κ1) is 15.4. The molecule has 10 nitrogen and oxygen atoms in total. The van der Waals surface area contributed by atoms with E-state index in [-0.39, 0.29) is 13.2 Å². The third kappa shape index (κ3) is 2.18. The van der Waals surface area contributed by atoms with Crippen LogP contribution in [0.5, 0.6) is 0 Å². The number of nitrogens with zero attached hydrogens (tertiary/aromatic N) is 6. The zero-order valence-electron chi connectivity index (χ0n) is 13.3. The lowest BCUT2D eigenvalue weighted by molar-refractivity contribution is -0.185. The number of fused-ring (bicyclic) bond motifs is 3. The van der Waals surface area contributed by atoms with Crippen molar-refractivity contribution in [2.24, 2.45) is 4.99 Å². The second-order valence-corrected chi connectivity index (χ2v) is 6.19. The Morgan fingerprint density at radius 3 is 3.04 bits per heavy atom. The van der Waals surface area contributed by atoms with Crippen LogP contribution < -0.4 is 0 Å². The number of hydrogen-bond acceptors (Lipinski definition) is 8. The van der Waals surface area contributed by atoms with Crippen molar-refractivity contribution in [2.45, 2.75) is 24.0 Å². The quantitative estimate of drug-likeness (QED) is 0.544. The first-order valence-corrected chi connectivity index (χ1v) is 7.53. The smallest absolute Gasteiger partial charge is 0.252 e. The number of rotatable bonds is 4. The maximum atomic E-state index is 10.3. The van der Waals surface area contributed by atoms with Gasteiger partial charge in [0.2, 0.25) is 0 Å². The van der Waals surface area contributed by atoms with E-state index in [9.17, 15) is 10.2 Å². The molecule has 4 heterocycles. The molecule has 10 heteroatoms. The monoisotopic (exact) mass is 334 g/mol. The van der Waals surface area contributed by atoms with E-state index >= 15 is 0 Å². The van der Waals surface area contributed by atoms with Crippen LogP contribution in [0, 0.1) is 0 Å². The molecule has 2 fully saturated rings. The molecule has 0 aliphatic carbocycles. The van der Waals surface area contributed by atoms with Crippen molar-refractivity contribution in [3.8, 4) is 0 Å². The summed E-state index contributed by atoms with van der Waals surface area (Å²) >= 11 is 0. The van der Waals surface area contributed by atoms with Gasteiger partial charge in [-0.05, 0) is 0 Å². The molecule has 2 aromatic heterocycles. The molecule has 2 aliphatic rings. The molecule has 128 valence electrons. The fourth-order valence-corrected chi connectivity index (χ4v) is 2.99. The van der Waals surface area contributed by atoms with Gasteiger partial charge >= 0.3 is 0 Å². The topological polar surface area (TPSA) is 118 Å². The van der Waals surface area contributed by atoms with E-state index in [1.807, 2.05) is 14.1 Å². The van der Waals surface area contributed by atoms with Crippen LogP contribution in [-0.4, -0.2) is 86.1 Å². The predicted octanol–water partition coefficient (Wildman–Crippen LogP) is -0.933. The highest BCUT2D eigenvalue weighted by atomic mass is 16.7. The first-order chi connectivity index (χ1) is 11.5. The van der Waals surface area contributed by atoms with Gasteiger partial charge in [-0.3, -0.25) is 4.57 Å². The van der Waals surface area contributed by atoms with Crippen molar-refractivity contribution in [3.05, 3.63) is 12.5 Å². The molecular weight excluding hydrogens is 316 g/mol. The van der Waals surface area contributed by atoms with Crippen LogP contribution in [0.15, 0.2) is 17.5 Å². The fraction of sp³-hybridized carbons (Fsp3) is 0.571. The van der Waals surface area contributed by atoms with Gasteiger partial charge in [0.05, 0.1) is 32.1 Å². The Kier molecular flexibility index (Phi) is 3.49. The van der Waals surface area contributed by atoms with E-state index in [0.717, 1.165) is 0 Å². The SMILES string of the molecule is CN(C)C=Nc1ncc2ncn([C@@H]3O[C@@]4(CO)COC3C4O)c2n1. The maximum absolute atomic E-state index is 10.3. The molecule has 0 spiro atoms. The molecule has 0 saturated carbocycles. The number of aromatic nitrogens is 4. The summed E-state index contributed by atoms with van der Waals surface area (Å²) in [5.74, 6) is 0.291. The minimum absolute atomic E-state index is 0.159. The molecule has 0 amide bonds. The highest BCUT2D eigenvalue weighted by Gasteiger charge is 2.61. The number of imidazole rings is 1. The van der Waals surface area contributed by atoms with Crippen molar-refractivity contribution >= 4 is 23.5 Å². The van der Waals surface area contributed by atoms with Gasteiger partial charge in [-0.2, -0.15) is 4.98 Å². The third-order valence-electron chi connectivity index (χ3n) is 4.26. The lowest BCUT2D eigenvalue weighted by Gasteiger charge is -2.29. The Hall–Kier alpha value is -2.14. The Bertz CT molecular complexity index is 793. The van der Waals surface area contributed by atoms with Crippen LogP contribution in [0.25, 0.3) is 11.2 Å². The number of hydrogen-bond donors (Lipinski definition) is 2. The molecule has 0 radical (unpaired) electrons. The summed E-state index contributed by atoms with van der Waals surface area (Å²) < 4.78 is 13.2. The minimum Gasteiger partial charge on any atom is -0.393 e. The predicted molar refractivity (Wildman–Crippen MR) is 82.8 cm³/mol. The van der Waals surface area contributed by atoms with E-state index in [4.69, 9.17) is 9.47 Å². The largest absolute Gasteiger partial charge is 0.393 e. The van der Waals surface area contributed by atoms with Gasteiger partial charge < -0.3 is 24.6 Å². The van der Waals surface area contributed by atoms with Gasteiger partial charge in [-0.15, -0.1) is 0 Å². The highest BCUT2D eigenvalue weighted by molar-refractivity contribution is 5.71. The Balaban J connectivity index is 1.71. The average molecular weight is 334 g/mol. The van der Waals surface area contributed by atoms with E-state index in [0.29, 0.717) is 17.1 Å². The van der Waals surface area contributed by atoms with Crippen molar-refractivity contribution in [1.29, 1.82) is 0 Å². The second-order valence-electron chi connectivity index (χ2n) is 6.19. The molecule has 2 bridgehead atoms. The molecule has 2 aliphatic heterocycles. The highest BCUT2D eigenvalue weighted by Crippen LogP contribution is 2.45. The molecule has 4 atom stereocenters. The third-order valence-corrected chi connectivity index (χ3v) is 4.26. The summed E-state index contributed by atoms with van der Waals surface area (Å²) in [5.41, 5.74) is 0.0141. The number of aliphatic hydroxyl groups excluding tert-OH is 2. The first-order valence-electron chi connectivity index (χ1n) is 7.53. The van der Waals surface area contributed by atoms with Crippen LogP contribution in [-0.2, 0) is 9.47 Å². The molecule has 2 unspecified atom stereocenters. The van der Waals surface area contributed by atoms with E-state index in [2.05, 4.69) is 19.9 Å². The van der Waals surface area contributed by atoms with Crippen LogP contribution in [0.3, 0.4) is 0 Å². The molecule has 2 N–H and O–H groups in total. The minimum atomic E-state index is -1.09. The molecule has 4 rings (SSSR count). The van der Waals surface area contributed by atoms with Crippen LogP contribution in [0.1, 0.15) is 6.23 Å². The van der Waals surface area contributed by atoms with Crippen LogP contribution >= 0.6 is 0 Å². The Morgan fingerprint density at radius 1 is 1.50 bits per heavy atom. The molecule has 24 heavy (non-hydrogen) atoms. The summed E-state index contributed by atoms with van der Waals surface area (Å²) in [5, 5.41) is 19.9. The number of aliphatic hydroxyl groups is 2. The normalized spacial score (nSPS) is 32.2. The van der Waals surface area contributed by atoms with Crippen molar-refractivity contribution < 1.29 is 19.7 Å². The number of aliphatic imine (C=N–C) groups is 1. The Labute approximate surface area is 137 Å². The number of ether oxygens (including phenoxy) is 2. The van der Waals surface area contributed by atoms with Gasteiger partial charge in [0.25, 0.3) is 5.95 Å². The van der Waals surface area contributed by atoms with Gasteiger partial charge in [0, 0.05) is 14.1 Å². The maximum Gasteiger partial charge on any atom is 0.252 e. The lowest BCUT2D eigenvalue weighted by Crippen LogP contribution is -2.44. The zero-order valence-corrected chi connectivity index (χ0v) is 13.3. The molecule has 2 saturated heterocycles. The summed E-state index contributed by atoms with van der Waals surface area (Å²) in [6, 6.07) is 0. The summed E-state index contributed by atoms with van der Waals surface area (Å²) in [4.78, 5) is 18.7. The zero-order chi connectivity index (χ0) is 16.9. The van der Waals surface area contributed by atoms with Crippen molar-refractivity contribution in [1.82, 2.24) is 24.4 Å². The lowest BCUT2D eigenvalue weighted by atomic mass is 10.0. The van der Waals surface area contributed by atoms with E-state index < -0.39 is 24.0 Å². The van der Waals surface area contributed by atoms with Gasteiger partial charge in [-0.25, -0.2) is 15.0 Å². The van der Waals surface area contributed by atoms with Crippen molar-refractivity contribution in [3.63, 3.8) is 0 Å². The van der Waals surface area contributed by atoms with Gasteiger partial charge in [-0.1, -0.05) is 0 Å². The fourth-order valence-electron chi connectivity index (χ4n) is 2.99. The van der Waals surface area contributed by atoms with Gasteiger partial charge in [0.1, 0.15) is 23.3 Å². The van der Waals surface area contributed by atoms with Gasteiger partial charge in [0.15, 0.2) is 11.9 Å². The van der Waals surface area contributed by atoms with Crippen LogP contribution in [0.4, 0.5) is 5.95 Å². The summed E-state index contributed by atoms with van der Waals surface area (Å²) in [6.07, 6.45) is 2.63. The van der Waals surface area contributed by atoms with E-state index in [1.54, 1.807) is 28.3 Å². The summed E-state index contributed by atoms with van der Waals surface area (Å²) in [7, 11) is 3.70. The van der Waals surface area contributed by atoms with E-state index in [1.165, 1.54) is 0 Å². The summed E-state index contributed by atoms with van der Waals surface area (Å²) in [6.45, 7) is -0.160. The average Bonchev–Trinajstić information content (AvgIpc) is 3.22. The second kappa shape index (κ2) is 5.45.